The van der Waals surface area contributed by atoms with Gasteiger partial charge < -0.3 is 0 Å². The van der Waals surface area contributed by atoms with Crippen LogP contribution < -0.4 is 0 Å². The normalized spacial score (nSPS) is 12.3. The van der Waals surface area contributed by atoms with Crippen LogP contribution in [0.5, 0.6) is 0 Å². The molecule has 0 N–H and O–H groups in total. The van der Waals surface area contributed by atoms with Crippen LogP contribution in [-0.2, 0) is 0 Å². The van der Waals surface area contributed by atoms with Gasteiger partial charge in [-0.1, -0.05) is 105 Å². The van der Waals surface area contributed by atoms with Crippen LogP contribution >= 0.6 is 0 Å². The second-order valence-corrected chi connectivity index (χ2v) is 8.16. The summed E-state index contributed by atoms with van der Waals surface area (Å²) in [5.41, 5.74) is 0.692. The Kier molecular flexibility index (Phi) is 14.6. The van der Waals surface area contributed by atoms with Crippen LogP contribution in [0.1, 0.15) is 131 Å². The summed E-state index contributed by atoms with van der Waals surface area (Å²) in [6, 6.07) is 0. The molecule has 0 aliphatic rings. The van der Waals surface area contributed by atoms with Gasteiger partial charge in [0.2, 0.25) is 0 Å². The zero-order chi connectivity index (χ0) is 16.7. The van der Waals surface area contributed by atoms with Crippen LogP contribution in [0.4, 0.5) is 0 Å². The molecule has 0 saturated carbocycles. The Balaban J connectivity index is 4.52. The molecule has 0 aromatic rings. The van der Waals surface area contributed by atoms with Crippen LogP contribution in [0.25, 0.3) is 0 Å². The zero-order valence-electron chi connectivity index (χ0n) is 16.7. The van der Waals surface area contributed by atoms with Crippen LogP contribution in [0.15, 0.2) is 0 Å². The summed E-state index contributed by atoms with van der Waals surface area (Å²) in [4.78, 5) is 0. The van der Waals surface area contributed by atoms with Gasteiger partial charge in [0.15, 0.2) is 0 Å². The van der Waals surface area contributed by atoms with E-state index in [1.54, 1.807) is 0 Å². The summed E-state index contributed by atoms with van der Waals surface area (Å²) in [7, 11) is 0. The van der Waals surface area contributed by atoms with Crippen molar-refractivity contribution in [2.75, 3.05) is 0 Å². The van der Waals surface area contributed by atoms with E-state index in [-0.39, 0.29) is 0 Å². The maximum absolute atomic E-state index is 2.37. The average Bonchev–Trinajstić information content (AvgIpc) is 2.49. The second-order valence-electron chi connectivity index (χ2n) is 8.16. The molecule has 0 amide bonds. The van der Waals surface area contributed by atoms with E-state index in [2.05, 4.69) is 34.6 Å². The smallest absolute Gasteiger partial charge is 0.0297 e. The minimum Gasteiger partial charge on any atom is -0.0654 e. The fraction of sp³-hybridized carbons (Fsp3) is 1.00. The van der Waals surface area contributed by atoms with Crippen molar-refractivity contribution in [2.24, 2.45) is 11.3 Å². The van der Waals surface area contributed by atoms with Crippen molar-refractivity contribution in [3.63, 3.8) is 0 Å². The van der Waals surface area contributed by atoms with Gasteiger partial charge in [-0.05, 0) is 37.0 Å². The molecule has 0 atom stereocenters. The molecule has 0 aliphatic heterocycles. The van der Waals surface area contributed by atoms with E-state index in [0.717, 1.165) is 5.92 Å². The van der Waals surface area contributed by atoms with Crippen molar-refractivity contribution >= 4 is 0 Å². The Morgan fingerprint density at radius 1 is 0.545 bits per heavy atom. The zero-order valence-corrected chi connectivity index (χ0v) is 16.7. The second kappa shape index (κ2) is 14.6. The Morgan fingerprint density at radius 3 is 1.36 bits per heavy atom. The van der Waals surface area contributed by atoms with Gasteiger partial charge in [-0.25, -0.2) is 0 Å². The summed E-state index contributed by atoms with van der Waals surface area (Å²) < 4.78 is 0. The van der Waals surface area contributed by atoms with Gasteiger partial charge in [0.25, 0.3) is 0 Å². The molecule has 0 heterocycles. The van der Waals surface area contributed by atoms with Gasteiger partial charge in [0, 0.05) is 0 Å². The molecule has 0 unspecified atom stereocenters. The van der Waals surface area contributed by atoms with Crippen molar-refractivity contribution in [3.05, 3.63) is 0 Å². The SMILES string of the molecule is CCCCCC(CCCC)(CCCCC)CCCCC(C)C. The fourth-order valence-electron chi connectivity index (χ4n) is 3.85. The predicted octanol–water partition coefficient (Wildman–Crippen LogP) is 8.54. The maximum Gasteiger partial charge on any atom is -0.0297 e. The van der Waals surface area contributed by atoms with E-state index in [9.17, 15) is 0 Å². The molecule has 0 nitrogen and oxygen atoms in total. The summed E-state index contributed by atoms with van der Waals surface area (Å²) in [6.07, 6.45) is 21.7. The van der Waals surface area contributed by atoms with Crippen molar-refractivity contribution in [2.45, 2.75) is 131 Å². The lowest BCUT2D eigenvalue weighted by molar-refractivity contribution is 0.173. The molecule has 0 heteroatoms. The van der Waals surface area contributed by atoms with Gasteiger partial charge >= 0.3 is 0 Å². The Morgan fingerprint density at radius 2 is 0.955 bits per heavy atom. The Bertz CT molecular complexity index is 206. The molecule has 0 aromatic carbocycles. The first-order valence-electron chi connectivity index (χ1n) is 10.6. The number of unbranched alkanes of at least 4 members (excludes halogenated alkanes) is 6. The van der Waals surface area contributed by atoms with Crippen LogP contribution in [0.2, 0.25) is 0 Å². The molecule has 0 fully saturated rings. The minimum absolute atomic E-state index is 0.692. The van der Waals surface area contributed by atoms with Gasteiger partial charge in [-0.15, -0.1) is 0 Å². The summed E-state index contributed by atoms with van der Waals surface area (Å²) in [6.45, 7) is 11.8. The number of hydrogen-bond donors (Lipinski definition) is 0. The first-order valence-corrected chi connectivity index (χ1v) is 10.6. The highest BCUT2D eigenvalue weighted by Gasteiger charge is 2.27. The highest BCUT2D eigenvalue weighted by Crippen LogP contribution is 2.41. The Hall–Kier alpha value is 0. The molecule has 0 saturated heterocycles. The largest absolute Gasteiger partial charge is 0.0654 e. The standard InChI is InChI=1S/C22H46/c1-6-9-13-18-22(17-11-8-3,19-14-10-7-2)20-15-12-16-21(4)5/h21H,6-20H2,1-5H3. The topological polar surface area (TPSA) is 0 Å². The lowest BCUT2D eigenvalue weighted by atomic mass is 9.71. The fourth-order valence-corrected chi connectivity index (χ4v) is 3.85. The van der Waals surface area contributed by atoms with Crippen LogP contribution in [0, 0.1) is 11.3 Å². The molecule has 0 spiro atoms. The monoisotopic (exact) mass is 310 g/mol. The lowest BCUT2D eigenvalue weighted by Gasteiger charge is -2.35. The summed E-state index contributed by atoms with van der Waals surface area (Å²) in [5, 5.41) is 0. The van der Waals surface area contributed by atoms with Gasteiger partial charge in [-0.2, -0.15) is 0 Å². The van der Waals surface area contributed by atoms with Crippen molar-refractivity contribution in [1.82, 2.24) is 0 Å². The van der Waals surface area contributed by atoms with E-state index in [0.29, 0.717) is 5.41 Å². The lowest BCUT2D eigenvalue weighted by Crippen LogP contribution is -2.21. The first-order chi connectivity index (χ1) is 10.6. The highest BCUT2D eigenvalue weighted by molar-refractivity contribution is 4.80. The van der Waals surface area contributed by atoms with E-state index >= 15 is 0 Å². The third kappa shape index (κ3) is 11.6. The molecule has 0 aliphatic carbocycles. The van der Waals surface area contributed by atoms with Crippen LogP contribution in [-0.4, -0.2) is 0 Å². The number of hydrogen-bond acceptors (Lipinski definition) is 0. The third-order valence-electron chi connectivity index (χ3n) is 5.42. The maximum atomic E-state index is 2.37. The molecule has 0 radical (unpaired) electrons. The minimum atomic E-state index is 0.692. The van der Waals surface area contributed by atoms with Crippen LogP contribution in [0.3, 0.4) is 0 Å². The van der Waals surface area contributed by atoms with E-state index < -0.39 is 0 Å². The van der Waals surface area contributed by atoms with Crippen molar-refractivity contribution < 1.29 is 0 Å². The van der Waals surface area contributed by atoms with E-state index in [4.69, 9.17) is 0 Å². The predicted molar refractivity (Wildman–Crippen MR) is 104 cm³/mol. The third-order valence-corrected chi connectivity index (χ3v) is 5.42. The molecular formula is C22H46. The van der Waals surface area contributed by atoms with Gasteiger partial charge in [0.05, 0.1) is 0 Å². The van der Waals surface area contributed by atoms with Gasteiger partial charge in [0.1, 0.15) is 0 Å². The Labute approximate surface area is 142 Å². The first kappa shape index (κ1) is 22.0. The molecule has 0 aromatic heterocycles. The molecule has 22 heavy (non-hydrogen) atoms. The van der Waals surface area contributed by atoms with Crippen molar-refractivity contribution in [1.29, 1.82) is 0 Å². The van der Waals surface area contributed by atoms with Gasteiger partial charge in [-0.3, -0.25) is 0 Å². The molecule has 0 rings (SSSR count). The van der Waals surface area contributed by atoms with E-state index in [1.807, 2.05) is 0 Å². The van der Waals surface area contributed by atoms with E-state index in [1.165, 1.54) is 96.3 Å². The highest BCUT2D eigenvalue weighted by atomic mass is 14.3. The molecule has 0 bridgehead atoms. The van der Waals surface area contributed by atoms with Crippen molar-refractivity contribution in [3.8, 4) is 0 Å². The molecule has 134 valence electrons. The average molecular weight is 311 g/mol. The summed E-state index contributed by atoms with van der Waals surface area (Å²) in [5.74, 6) is 0.880. The number of rotatable bonds is 16. The quantitative estimate of drug-likeness (QED) is 0.250. The molecular weight excluding hydrogens is 264 g/mol. The summed E-state index contributed by atoms with van der Waals surface area (Å²) >= 11 is 0.